The maximum Gasteiger partial charge on any atom is 0.324 e. The first-order chi connectivity index (χ1) is 12.6. The van der Waals surface area contributed by atoms with E-state index in [1.807, 2.05) is 48.5 Å². The fourth-order valence-corrected chi connectivity index (χ4v) is 5.37. The average Bonchev–Trinajstić information content (AvgIpc) is 2.90. The van der Waals surface area contributed by atoms with Gasteiger partial charge in [-0.05, 0) is 29.2 Å². The van der Waals surface area contributed by atoms with Crippen molar-refractivity contribution in [1.29, 1.82) is 0 Å². The molecule has 26 heavy (non-hydrogen) atoms. The Bertz CT molecular complexity index is 901. The first-order valence-corrected chi connectivity index (χ1v) is 8.77. The lowest BCUT2D eigenvalue weighted by Crippen LogP contribution is -2.61. The number of rotatable bonds is 3. The highest BCUT2D eigenvalue weighted by atomic mass is 16.6. The molecule has 1 N–H and O–H groups in total. The zero-order valence-corrected chi connectivity index (χ0v) is 14.3. The molecule has 0 aromatic heterocycles. The maximum atomic E-state index is 12.9. The van der Waals surface area contributed by atoms with Gasteiger partial charge in [-0.2, -0.15) is 0 Å². The summed E-state index contributed by atoms with van der Waals surface area (Å²) in [5.74, 6) is -1.94. The van der Waals surface area contributed by atoms with E-state index in [0.29, 0.717) is 0 Å². The quantitative estimate of drug-likeness (QED) is 0.678. The highest BCUT2D eigenvalue weighted by Crippen LogP contribution is 2.69. The molecule has 0 radical (unpaired) electrons. The highest BCUT2D eigenvalue weighted by Gasteiger charge is 2.75. The smallest absolute Gasteiger partial charge is 0.324 e. The van der Waals surface area contributed by atoms with Crippen LogP contribution in [0.3, 0.4) is 0 Å². The summed E-state index contributed by atoms with van der Waals surface area (Å²) in [7, 11) is 0. The van der Waals surface area contributed by atoms with E-state index >= 15 is 0 Å². The summed E-state index contributed by atoms with van der Waals surface area (Å²) in [4.78, 5) is 25.6. The van der Waals surface area contributed by atoms with Gasteiger partial charge in [0.15, 0.2) is 0 Å². The molecule has 1 aliphatic heterocycles. The molecule has 5 nitrogen and oxygen atoms in total. The second-order valence-corrected chi connectivity index (χ2v) is 7.29. The van der Waals surface area contributed by atoms with Crippen molar-refractivity contribution in [2.75, 3.05) is 13.2 Å². The molecule has 2 aromatic carbocycles. The molecular weight excluding hydrogens is 332 g/mol. The molecule has 0 saturated carbocycles. The fraction of sp³-hybridized carbons (Fsp3) is 0.333. The van der Waals surface area contributed by atoms with Crippen molar-refractivity contribution in [1.82, 2.24) is 0 Å². The molecule has 3 aliphatic carbocycles. The number of carbonyl (C=O) groups is 2. The van der Waals surface area contributed by atoms with E-state index in [-0.39, 0.29) is 19.1 Å². The summed E-state index contributed by atoms with van der Waals surface area (Å²) >= 11 is 0. The van der Waals surface area contributed by atoms with Crippen LogP contribution < -0.4 is 0 Å². The lowest BCUT2D eigenvalue weighted by molar-refractivity contribution is -0.175. The Hall–Kier alpha value is -2.50. The Morgan fingerprint density at radius 2 is 1.62 bits per heavy atom. The van der Waals surface area contributed by atoms with E-state index < -0.39 is 28.9 Å². The number of aliphatic hydroxyl groups excluding tert-OH is 1. The van der Waals surface area contributed by atoms with E-state index in [2.05, 4.69) is 0 Å². The second-order valence-electron chi connectivity index (χ2n) is 7.29. The van der Waals surface area contributed by atoms with Crippen LogP contribution in [0.15, 0.2) is 48.5 Å². The number of carbonyl (C=O) groups excluding carboxylic acids is 2. The number of esters is 2. The van der Waals surface area contributed by atoms with Gasteiger partial charge in [0.2, 0.25) is 0 Å². The maximum absolute atomic E-state index is 12.9. The van der Waals surface area contributed by atoms with Gasteiger partial charge in [0.1, 0.15) is 11.0 Å². The molecule has 2 aromatic rings. The predicted molar refractivity (Wildman–Crippen MR) is 91.2 cm³/mol. The standard InChI is InChI=1S/C21H18O5/c1-20-17(18(23)26-19(20)24)16-12-6-2-4-8-14(12)21(20,25-11-10-22)15-9-5-3-7-13(15)16/h2-9,16-17,22H,10-11H2,1H3. The molecule has 4 aliphatic rings. The molecule has 1 fully saturated rings. The number of aliphatic hydroxyl groups is 1. The van der Waals surface area contributed by atoms with Crippen molar-refractivity contribution in [2.24, 2.45) is 11.3 Å². The van der Waals surface area contributed by atoms with Crippen LogP contribution in [0.5, 0.6) is 0 Å². The van der Waals surface area contributed by atoms with Crippen LogP contribution in [0.2, 0.25) is 0 Å². The van der Waals surface area contributed by atoms with Gasteiger partial charge >= 0.3 is 11.9 Å². The van der Waals surface area contributed by atoms with Gasteiger partial charge in [-0.1, -0.05) is 48.5 Å². The molecule has 6 rings (SSSR count). The normalized spacial score (nSPS) is 33.5. The third-order valence-corrected chi connectivity index (χ3v) is 6.32. The monoisotopic (exact) mass is 350 g/mol. The molecule has 1 heterocycles. The minimum Gasteiger partial charge on any atom is -0.394 e. The van der Waals surface area contributed by atoms with Crippen molar-refractivity contribution < 1.29 is 24.2 Å². The van der Waals surface area contributed by atoms with E-state index in [0.717, 1.165) is 22.3 Å². The van der Waals surface area contributed by atoms with Crippen molar-refractivity contribution in [3.8, 4) is 0 Å². The third kappa shape index (κ3) is 1.50. The van der Waals surface area contributed by atoms with Crippen molar-refractivity contribution >= 4 is 11.9 Å². The SMILES string of the molecule is CC12C(=O)OC(=O)C1C1c3ccccc3C2(OCCO)c2ccccc21. The number of benzene rings is 2. The van der Waals surface area contributed by atoms with E-state index in [9.17, 15) is 14.7 Å². The summed E-state index contributed by atoms with van der Waals surface area (Å²) in [6.45, 7) is 1.64. The molecule has 132 valence electrons. The topological polar surface area (TPSA) is 72.8 Å². The van der Waals surface area contributed by atoms with E-state index in [1.165, 1.54) is 0 Å². The van der Waals surface area contributed by atoms with Crippen LogP contribution in [0, 0.1) is 11.3 Å². The molecule has 2 unspecified atom stereocenters. The van der Waals surface area contributed by atoms with E-state index in [4.69, 9.17) is 9.47 Å². The van der Waals surface area contributed by atoms with Gasteiger partial charge in [0, 0.05) is 5.92 Å². The number of hydrogen-bond donors (Lipinski definition) is 1. The van der Waals surface area contributed by atoms with Gasteiger partial charge in [0.05, 0.1) is 19.1 Å². The number of cyclic esters (lactones) is 2. The minimum absolute atomic E-state index is 0.0527. The molecule has 1 saturated heterocycles. The Balaban J connectivity index is 1.94. The molecule has 0 amide bonds. The Labute approximate surface area is 150 Å². The summed E-state index contributed by atoms with van der Waals surface area (Å²) in [6, 6.07) is 15.6. The molecule has 5 heteroatoms. The first kappa shape index (κ1) is 15.7. The van der Waals surface area contributed by atoms with Gasteiger partial charge in [0.25, 0.3) is 0 Å². The zero-order chi connectivity index (χ0) is 18.1. The lowest BCUT2D eigenvalue weighted by Gasteiger charge is -2.57. The molecule has 2 atom stereocenters. The minimum atomic E-state index is -1.17. The first-order valence-electron chi connectivity index (χ1n) is 8.77. The fourth-order valence-electron chi connectivity index (χ4n) is 5.37. The Kier molecular flexibility index (Phi) is 3.04. The Morgan fingerprint density at radius 3 is 2.19 bits per heavy atom. The lowest BCUT2D eigenvalue weighted by atomic mass is 9.46. The summed E-state index contributed by atoms with van der Waals surface area (Å²) in [5.41, 5.74) is 1.39. The summed E-state index contributed by atoms with van der Waals surface area (Å²) in [5, 5.41) is 9.45. The van der Waals surface area contributed by atoms with Gasteiger partial charge in [-0.3, -0.25) is 9.59 Å². The average molecular weight is 350 g/mol. The van der Waals surface area contributed by atoms with Crippen LogP contribution in [0.25, 0.3) is 0 Å². The zero-order valence-electron chi connectivity index (χ0n) is 14.3. The molecular formula is C21H18O5. The molecule has 2 bridgehead atoms. The largest absolute Gasteiger partial charge is 0.394 e. The van der Waals surface area contributed by atoms with Crippen molar-refractivity contribution in [3.63, 3.8) is 0 Å². The Morgan fingerprint density at radius 1 is 1.04 bits per heavy atom. The van der Waals surface area contributed by atoms with Gasteiger partial charge in [-0.25, -0.2) is 0 Å². The van der Waals surface area contributed by atoms with Crippen LogP contribution >= 0.6 is 0 Å². The van der Waals surface area contributed by atoms with Crippen LogP contribution in [-0.2, 0) is 24.7 Å². The van der Waals surface area contributed by atoms with Crippen molar-refractivity contribution in [2.45, 2.75) is 18.4 Å². The second kappa shape index (κ2) is 5.02. The summed E-state index contributed by atoms with van der Waals surface area (Å²) in [6.07, 6.45) is 0. The van der Waals surface area contributed by atoms with Crippen LogP contribution in [0.1, 0.15) is 35.1 Å². The van der Waals surface area contributed by atoms with Gasteiger partial charge in [-0.15, -0.1) is 0 Å². The highest BCUT2D eigenvalue weighted by molar-refractivity contribution is 6.03. The van der Waals surface area contributed by atoms with Crippen LogP contribution in [-0.4, -0.2) is 30.3 Å². The predicted octanol–water partition coefficient (Wildman–Crippen LogP) is 2.10. The van der Waals surface area contributed by atoms with E-state index in [1.54, 1.807) is 6.92 Å². The number of hydrogen-bond acceptors (Lipinski definition) is 5. The van der Waals surface area contributed by atoms with Gasteiger partial charge < -0.3 is 14.6 Å². The molecule has 0 spiro atoms. The number of ether oxygens (including phenoxy) is 2. The van der Waals surface area contributed by atoms with Crippen LogP contribution in [0.4, 0.5) is 0 Å². The third-order valence-electron chi connectivity index (χ3n) is 6.32. The van der Waals surface area contributed by atoms with Crippen molar-refractivity contribution in [3.05, 3.63) is 70.8 Å². The summed E-state index contributed by atoms with van der Waals surface area (Å²) < 4.78 is 11.4.